The Kier molecular flexibility index (Phi) is 5.63. The van der Waals surface area contributed by atoms with Gasteiger partial charge < -0.3 is 10.4 Å². The highest BCUT2D eigenvalue weighted by molar-refractivity contribution is 7.89. The van der Waals surface area contributed by atoms with E-state index in [2.05, 4.69) is 4.72 Å². The van der Waals surface area contributed by atoms with E-state index in [9.17, 15) is 22.0 Å². The van der Waals surface area contributed by atoms with Crippen LogP contribution in [0.5, 0.6) is 0 Å². The van der Waals surface area contributed by atoms with Gasteiger partial charge in [-0.15, -0.1) is 0 Å². The van der Waals surface area contributed by atoms with E-state index < -0.39 is 46.3 Å². The third kappa shape index (κ3) is 6.82. The first kappa shape index (κ1) is 17.2. The summed E-state index contributed by atoms with van der Waals surface area (Å²) in [6.07, 6.45) is 0. The molecule has 0 unspecified atom stereocenters. The monoisotopic (exact) mass is 288 g/mol. The summed E-state index contributed by atoms with van der Waals surface area (Å²) in [7, 11) is -3.66. The molecule has 0 bridgehead atoms. The van der Waals surface area contributed by atoms with Crippen molar-refractivity contribution >= 4 is 15.9 Å². The fraction of sp³-hybridized carbons (Fsp3) is 0.889. The number of carbonyl (C=O) groups excluding carboxylic acids is 1. The lowest BCUT2D eigenvalue weighted by Gasteiger charge is -2.20. The van der Waals surface area contributed by atoms with E-state index in [1.165, 1.54) is 0 Å². The van der Waals surface area contributed by atoms with Gasteiger partial charge in [-0.3, -0.25) is 4.79 Å². The number of carbonyl (C=O) groups is 1. The van der Waals surface area contributed by atoms with Crippen molar-refractivity contribution in [3.63, 3.8) is 0 Å². The van der Waals surface area contributed by atoms with Crippen LogP contribution in [0.3, 0.4) is 0 Å². The molecule has 0 aliphatic carbocycles. The molecule has 1 amide bonds. The molecule has 0 fully saturated rings. The number of aliphatic hydroxyl groups is 1. The standard InChI is InChI=1S/C9H18F2N2O4S/c1-8(2,3)13-18(16,17)5-4-12-7(15)9(10,11)6-14/h13-14H,4-6H2,1-3H3,(H,12,15). The van der Waals surface area contributed by atoms with Crippen molar-refractivity contribution in [1.29, 1.82) is 0 Å². The van der Waals surface area contributed by atoms with Crippen LogP contribution in [0.25, 0.3) is 0 Å². The number of hydrogen-bond acceptors (Lipinski definition) is 4. The van der Waals surface area contributed by atoms with Crippen LogP contribution in [-0.4, -0.2) is 49.8 Å². The van der Waals surface area contributed by atoms with Gasteiger partial charge in [-0.2, -0.15) is 8.78 Å². The highest BCUT2D eigenvalue weighted by Crippen LogP contribution is 2.11. The van der Waals surface area contributed by atoms with Gasteiger partial charge in [0.05, 0.1) is 5.75 Å². The molecule has 0 spiro atoms. The van der Waals surface area contributed by atoms with Crippen LogP contribution in [0.4, 0.5) is 8.78 Å². The Morgan fingerprint density at radius 2 is 1.78 bits per heavy atom. The summed E-state index contributed by atoms with van der Waals surface area (Å²) in [4.78, 5) is 10.8. The molecule has 9 heteroatoms. The van der Waals surface area contributed by atoms with Crippen LogP contribution in [0.1, 0.15) is 20.8 Å². The fourth-order valence-electron chi connectivity index (χ4n) is 1.02. The van der Waals surface area contributed by atoms with Crippen LogP contribution in [0.2, 0.25) is 0 Å². The zero-order valence-corrected chi connectivity index (χ0v) is 11.3. The van der Waals surface area contributed by atoms with Crippen molar-refractivity contribution in [1.82, 2.24) is 10.0 Å². The Hall–Kier alpha value is -0.800. The van der Waals surface area contributed by atoms with Crippen LogP contribution in [0, 0.1) is 0 Å². The van der Waals surface area contributed by atoms with Gasteiger partial charge in [0, 0.05) is 12.1 Å². The van der Waals surface area contributed by atoms with E-state index in [0.29, 0.717) is 0 Å². The number of aliphatic hydroxyl groups excluding tert-OH is 1. The summed E-state index contributed by atoms with van der Waals surface area (Å²) in [6.45, 7) is 2.81. The maximum atomic E-state index is 12.6. The Bertz CT molecular complexity index is 390. The molecule has 18 heavy (non-hydrogen) atoms. The number of sulfonamides is 1. The minimum Gasteiger partial charge on any atom is -0.390 e. The maximum absolute atomic E-state index is 12.6. The van der Waals surface area contributed by atoms with Gasteiger partial charge in [0.1, 0.15) is 6.61 Å². The van der Waals surface area contributed by atoms with Crippen molar-refractivity contribution in [3.8, 4) is 0 Å². The molecule has 0 saturated heterocycles. The quantitative estimate of drug-likeness (QED) is 0.611. The van der Waals surface area contributed by atoms with E-state index in [1.807, 2.05) is 0 Å². The van der Waals surface area contributed by atoms with Crippen molar-refractivity contribution < 1.29 is 27.1 Å². The first-order valence-electron chi connectivity index (χ1n) is 5.18. The molecular weight excluding hydrogens is 270 g/mol. The highest BCUT2D eigenvalue weighted by Gasteiger charge is 2.37. The normalized spacial score (nSPS) is 13.4. The molecule has 0 heterocycles. The molecule has 0 aromatic carbocycles. The molecule has 0 radical (unpaired) electrons. The summed E-state index contributed by atoms with van der Waals surface area (Å²) >= 11 is 0. The average Bonchev–Trinajstić information content (AvgIpc) is 2.13. The number of nitrogens with one attached hydrogen (secondary N) is 2. The fourth-order valence-corrected chi connectivity index (χ4v) is 2.42. The second-order valence-electron chi connectivity index (χ2n) is 4.79. The van der Waals surface area contributed by atoms with Gasteiger partial charge in [-0.25, -0.2) is 13.1 Å². The van der Waals surface area contributed by atoms with Crippen molar-refractivity contribution in [2.24, 2.45) is 0 Å². The summed E-state index contributed by atoms with van der Waals surface area (Å²) in [5.41, 5.74) is -0.683. The van der Waals surface area contributed by atoms with Crippen LogP contribution in [0.15, 0.2) is 0 Å². The van der Waals surface area contributed by atoms with E-state index >= 15 is 0 Å². The molecule has 0 rings (SSSR count). The van der Waals surface area contributed by atoms with Crippen LogP contribution >= 0.6 is 0 Å². The van der Waals surface area contributed by atoms with Gasteiger partial charge in [-0.05, 0) is 20.8 Å². The Labute approximate surface area is 105 Å². The third-order valence-electron chi connectivity index (χ3n) is 1.65. The Morgan fingerprint density at radius 3 is 2.17 bits per heavy atom. The second-order valence-corrected chi connectivity index (χ2v) is 6.63. The maximum Gasteiger partial charge on any atom is 0.346 e. The third-order valence-corrected chi connectivity index (χ3v) is 3.31. The summed E-state index contributed by atoms with van der Waals surface area (Å²) in [5.74, 6) is -6.12. The molecule has 108 valence electrons. The lowest BCUT2D eigenvalue weighted by atomic mass is 10.1. The molecule has 0 aliphatic heterocycles. The van der Waals surface area contributed by atoms with E-state index in [1.54, 1.807) is 26.1 Å². The SMILES string of the molecule is CC(C)(C)NS(=O)(=O)CCNC(=O)C(F)(F)CO. The molecule has 0 aromatic heterocycles. The summed E-state index contributed by atoms with van der Waals surface area (Å²) in [5, 5.41) is 9.98. The minimum absolute atomic E-state index is 0.458. The van der Waals surface area contributed by atoms with Crippen molar-refractivity contribution in [2.45, 2.75) is 32.2 Å². The topological polar surface area (TPSA) is 95.5 Å². The predicted octanol–water partition coefficient (Wildman–Crippen LogP) is -0.552. The lowest BCUT2D eigenvalue weighted by Crippen LogP contribution is -2.47. The summed E-state index contributed by atoms with van der Waals surface area (Å²) < 4.78 is 50.4. The van der Waals surface area contributed by atoms with Gasteiger partial charge in [0.25, 0.3) is 5.91 Å². The molecule has 0 aromatic rings. The zero-order chi connectivity index (χ0) is 14.6. The highest BCUT2D eigenvalue weighted by atomic mass is 32.2. The summed E-state index contributed by atoms with van der Waals surface area (Å²) in [6, 6.07) is 0. The molecule has 0 atom stereocenters. The minimum atomic E-state index is -3.90. The Morgan fingerprint density at radius 1 is 1.28 bits per heavy atom. The molecule has 0 saturated carbocycles. The Balaban J connectivity index is 4.25. The molecule has 6 nitrogen and oxygen atoms in total. The number of halogens is 2. The second kappa shape index (κ2) is 5.89. The van der Waals surface area contributed by atoms with Crippen molar-refractivity contribution in [3.05, 3.63) is 0 Å². The smallest absolute Gasteiger partial charge is 0.346 e. The van der Waals surface area contributed by atoms with E-state index in [4.69, 9.17) is 5.11 Å². The first-order valence-corrected chi connectivity index (χ1v) is 6.83. The number of alkyl halides is 2. The van der Waals surface area contributed by atoms with Crippen LogP contribution < -0.4 is 10.0 Å². The molecule has 0 aliphatic rings. The van der Waals surface area contributed by atoms with Crippen LogP contribution in [-0.2, 0) is 14.8 Å². The predicted molar refractivity (Wildman–Crippen MR) is 61.7 cm³/mol. The lowest BCUT2D eigenvalue weighted by molar-refractivity contribution is -0.150. The van der Waals surface area contributed by atoms with Gasteiger partial charge in [0.15, 0.2) is 0 Å². The molecular formula is C9H18F2N2O4S. The number of amides is 1. The van der Waals surface area contributed by atoms with Crippen molar-refractivity contribution in [2.75, 3.05) is 18.9 Å². The largest absolute Gasteiger partial charge is 0.390 e. The zero-order valence-electron chi connectivity index (χ0n) is 10.5. The number of hydrogen-bond donors (Lipinski definition) is 3. The van der Waals surface area contributed by atoms with E-state index in [0.717, 1.165) is 0 Å². The number of rotatable bonds is 6. The van der Waals surface area contributed by atoms with Gasteiger partial charge >= 0.3 is 5.92 Å². The van der Waals surface area contributed by atoms with Gasteiger partial charge in [0.2, 0.25) is 10.0 Å². The van der Waals surface area contributed by atoms with Gasteiger partial charge in [-0.1, -0.05) is 0 Å². The molecule has 3 N–H and O–H groups in total. The average molecular weight is 288 g/mol. The van der Waals surface area contributed by atoms with E-state index in [-0.39, 0.29) is 0 Å². The first-order chi connectivity index (χ1) is 7.90.